The summed E-state index contributed by atoms with van der Waals surface area (Å²) in [6, 6.07) is 2.08. The maximum Gasteiger partial charge on any atom is 0.239 e. The third kappa shape index (κ3) is 5.48. The van der Waals surface area contributed by atoms with E-state index in [1.54, 1.807) is 20.9 Å². The molecule has 0 saturated carbocycles. The molecule has 0 aliphatic carbocycles. The fraction of sp³-hybridized carbons (Fsp3) is 0.846. The Hall–Kier alpha value is -1.12. The van der Waals surface area contributed by atoms with Gasteiger partial charge in [-0.05, 0) is 41.5 Å². The van der Waals surface area contributed by atoms with Crippen molar-refractivity contribution < 1.29 is 9.53 Å². The summed E-state index contributed by atoms with van der Waals surface area (Å²) < 4.78 is 5.55. The molecular weight excluding hydrogens is 230 g/mol. The summed E-state index contributed by atoms with van der Waals surface area (Å²) >= 11 is 0. The molecule has 1 amide bonds. The summed E-state index contributed by atoms with van der Waals surface area (Å²) in [5.74, 6) is -0.0879. The largest absolute Gasteiger partial charge is 0.359 e. The zero-order chi connectivity index (χ0) is 14.6. The van der Waals surface area contributed by atoms with Crippen LogP contribution in [0.4, 0.5) is 0 Å². The van der Waals surface area contributed by atoms with E-state index < -0.39 is 16.7 Å². The molecule has 5 heteroatoms. The van der Waals surface area contributed by atoms with Crippen molar-refractivity contribution in [3.05, 3.63) is 0 Å². The van der Waals surface area contributed by atoms with Crippen LogP contribution in [0.15, 0.2) is 0 Å². The van der Waals surface area contributed by atoms with Crippen LogP contribution in [-0.4, -0.2) is 36.2 Å². The lowest BCUT2D eigenvalue weighted by Gasteiger charge is -2.36. The third-order valence-corrected chi connectivity index (χ3v) is 2.51. The molecule has 0 fully saturated rings. The topological polar surface area (TPSA) is 74.2 Å². The van der Waals surface area contributed by atoms with Crippen LogP contribution >= 0.6 is 0 Å². The second kappa shape index (κ2) is 5.68. The molecule has 2 N–H and O–H groups in total. The monoisotopic (exact) mass is 255 g/mol. The molecule has 0 radical (unpaired) electrons. The molecule has 0 aromatic heterocycles. The Kier molecular flexibility index (Phi) is 5.33. The number of likely N-dealkylation sites (N-methyl/N-ethyl adjacent to an activating group) is 1. The fourth-order valence-electron chi connectivity index (χ4n) is 1.64. The predicted octanol–water partition coefficient (Wildman–Crippen LogP) is 1.20. The first-order valence-corrected chi connectivity index (χ1v) is 6.02. The molecule has 18 heavy (non-hydrogen) atoms. The third-order valence-electron chi connectivity index (χ3n) is 2.51. The highest BCUT2D eigenvalue weighted by molar-refractivity contribution is 5.85. The molecule has 0 aromatic carbocycles. The van der Waals surface area contributed by atoms with Gasteiger partial charge in [-0.2, -0.15) is 5.26 Å². The number of hydrogen-bond acceptors (Lipinski definition) is 4. The van der Waals surface area contributed by atoms with Crippen molar-refractivity contribution in [2.75, 3.05) is 13.7 Å². The molecule has 0 aromatic rings. The Morgan fingerprint density at radius 3 is 2.11 bits per heavy atom. The van der Waals surface area contributed by atoms with Gasteiger partial charge in [0.1, 0.15) is 5.60 Å². The number of ether oxygens (including phenoxy) is 1. The summed E-state index contributed by atoms with van der Waals surface area (Å²) in [6.45, 7) is 11.3. The number of amides is 1. The molecular formula is C13H25N3O2. The molecule has 0 bridgehead atoms. The molecule has 0 atom stereocenters. The highest BCUT2D eigenvalue weighted by Gasteiger charge is 2.34. The Bertz CT molecular complexity index is 341. The van der Waals surface area contributed by atoms with Crippen LogP contribution in [0.3, 0.4) is 0 Å². The van der Waals surface area contributed by atoms with Crippen molar-refractivity contribution in [3.8, 4) is 6.07 Å². The zero-order valence-electron chi connectivity index (χ0n) is 12.5. The van der Waals surface area contributed by atoms with Gasteiger partial charge in [-0.25, -0.2) is 0 Å². The molecule has 104 valence electrons. The first-order valence-electron chi connectivity index (χ1n) is 6.02. The summed E-state index contributed by atoms with van der Waals surface area (Å²) in [6.07, 6.45) is 0. The molecule has 0 saturated heterocycles. The van der Waals surface area contributed by atoms with E-state index in [4.69, 9.17) is 10.00 Å². The lowest BCUT2D eigenvalue weighted by molar-refractivity contribution is -0.127. The van der Waals surface area contributed by atoms with E-state index >= 15 is 0 Å². The van der Waals surface area contributed by atoms with E-state index in [0.29, 0.717) is 6.61 Å². The van der Waals surface area contributed by atoms with E-state index in [0.717, 1.165) is 0 Å². The predicted molar refractivity (Wildman–Crippen MR) is 71.0 cm³/mol. The van der Waals surface area contributed by atoms with Gasteiger partial charge >= 0.3 is 0 Å². The number of hydrogen-bond donors (Lipinski definition) is 2. The van der Waals surface area contributed by atoms with Crippen LogP contribution in [0.25, 0.3) is 0 Å². The zero-order valence-corrected chi connectivity index (χ0v) is 12.5. The molecule has 0 aliphatic heterocycles. The van der Waals surface area contributed by atoms with Gasteiger partial charge in [0, 0.05) is 12.6 Å². The van der Waals surface area contributed by atoms with Crippen LogP contribution in [0, 0.1) is 11.3 Å². The Morgan fingerprint density at radius 1 is 1.22 bits per heavy atom. The summed E-state index contributed by atoms with van der Waals surface area (Å²) in [4.78, 5) is 11.7. The molecule has 0 rings (SSSR count). The summed E-state index contributed by atoms with van der Waals surface area (Å²) in [7, 11) is 1.61. The standard InChI is InChI=1S/C13H25N3O2/c1-11(2,9-18-12(3,4)8-14)16-13(5,6)10(17)15-7/h16H,9H2,1-7H3,(H,15,17). The lowest BCUT2D eigenvalue weighted by Crippen LogP contribution is -2.61. The highest BCUT2D eigenvalue weighted by atomic mass is 16.5. The second-order valence-electron chi connectivity index (χ2n) is 6.12. The van der Waals surface area contributed by atoms with Crippen LogP contribution in [0.1, 0.15) is 41.5 Å². The van der Waals surface area contributed by atoms with Gasteiger partial charge in [-0.15, -0.1) is 0 Å². The number of nitrogens with zero attached hydrogens (tertiary/aromatic N) is 1. The van der Waals surface area contributed by atoms with E-state index in [1.165, 1.54) is 0 Å². The van der Waals surface area contributed by atoms with Crippen LogP contribution in [0.2, 0.25) is 0 Å². The molecule has 0 aliphatic rings. The van der Waals surface area contributed by atoms with Crippen LogP contribution < -0.4 is 10.6 Å². The number of rotatable bonds is 6. The quantitative estimate of drug-likeness (QED) is 0.748. The summed E-state index contributed by atoms with van der Waals surface area (Å²) in [5, 5.41) is 14.7. The van der Waals surface area contributed by atoms with Crippen molar-refractivity contribution in [1.82, 2.24) is 10.6 Å². The highest BCUT2D eigenvalue weighted by Crippen LogP contribution is 2.16. The van der Waals surface area contributed by atoms with Crippen molar-refractivity contribution in [2.45, 2.75) is 58.2 Å². The Labute approximate surface area is 110 Å². The van der Waals surface area contributed by atoms with E-state index in [1.807, 2.05) is 27.7 Å². The van der Waals surface area contributed by atoms with E-state index in [-0.39, 0.29) is 5.91 Å². The second-order valence-corrected chi connectivity index (χ2v) is 6.12. The number of nitriles is 1. The van der Waals surface area contributed by atoms with E-state index in [9.17, 15) is 4.79 Å². The SMILES string of the molecule is CNC(=O)C(C)(C)NC(C)(C)COC(C)(C)C#N. The van der Waals surface area contributed by atoms with Crippen molar-refractivity contribution in [1.29, 1.82) is 5.26 Å². The first-order chi connectivity index (χ1) is 7.96. The van der Waals surface area contributed by atoms with Crippen LogP contribution in [-0.2, 0) is 9.53 Å². The Balaban J connectivity index is 4.58. The maximum absolute atomic E-state index is 11.7. The first kappa shape index (κ1) is 16.9. The fourth-order valence-corrected chi connectivity index (χ4v) is 1.64. The number of nitrogens with one attached hydrogen (secondary N) is 2. The molecule has 5 nitrogen and oxygen atoms in total. The molecule has 0 unspecified atom stereocenters. The van der Waals surface area contributed by atoms with Gasteiger partial charge < -0.3 is 10.1 Å². The number of carbonyl (C=O) groups excluding carboxylic acids is 1. The van der Waals surface area contributed by atoms with Gasteiger partial charge in [0.2, 0.25) is 5.91 Å². The van der Waals surface area contributed by atoms with Gasteiger partial charge in [-0.3, -0.25) is 10.1 Å². The van der Waals surface area contributed by atoms with Crippen LogP contribution in [0.5, 0.6) is 0 Å². The normalized spacial score (nSPS) is 13.0. The van der Waals surface area contributed by atoms with Crippen molar-refractivity contribution in [3.63, 3.8) is 0 Å². The minimum Gasteiger partial charge on any atom is -0.359 e. The summed E-state index contributed by atoms with van der Waals surface area (Å²) in [5.41, 5.74) is -1.93. The maximum atomic E-state index is 11.7. The minimum atomic E-state index is -0.823. The smallest absolute Gasteiger partial charge is 0.239 e. The molecule has 0 spiro atoms. The average Bonchev–Trinajstić information content (AvgIpc) is 2.24. The molecule has 0 heterocycles. The average molecular weight is 255 g/mol. The minimum absolute atomic E-state index is 0.0879. The van der Waals surface area contributed by atoms with Gasteiger partial charge in [0.15, 0.2) is 0 Å². The van der Waals surface area contributed by atoms with Gasteiger partial charge in [-0.1, -0.05) is 0 Å². The Morgan fingerprint density at radius 2 is 1.72 bits per heavy atom. The number of carbonyl (C=O) groups is 1. The van der Waals surface area contributed by atoms with Gasteiger partial charge in [0.25, 0.3) is 0 Å². The lowest BCUT2D eigenvalue weighted by atomic mass is 9.97. The van der Waals surface area contributed by atoms with E-state index in [2.05, 4.69) is 16.7 Å². The van der Waals surface area contributed by atoms with Gasteiger partial charge in [0.05, 0.1) is 18.2 Å². The van der Waals surface area contributed by atoms with Crippen molar-refractivity contribution in [2.24, 2.45) is 0 Å². The van der Waals surface area contributed by atoms with Crippen molar-refractivity contribution >= 4 is 5.91 Å².